The lowest BCUT2D eigenvalue weighted by Gasteiger charge is -2.14. The molecule has 0 aromatic heterocycles. The van der Waals surface area contributed by atoms with Gasteiger partial charge in [0.2, 0.25) is 0 Å². The molecule has 0 heterocycles. The van der Waals surface area contributed by atoms with Crippen LogP contribution in [0.25, 0.3) is 11.1 Å². The minimum atomic E-state index is -1.39. The van der Waals surface area contributed by atoms with Crippen LogP contribution in [0.1, 0.15) is 23.7 Å². The molecule has 2 aromatic carbocycles. The summed E-state index contributed by atoms with van der Waals surface area (Å²) in [5.74, 6) is -5.03. The molecule has 1 N–H and O–H groups in total. The molecular formula is C19H16F2O5S. The van der Waals surface area contributed by atoms with Crippen molar-refractivity contribution in [3.8, 4) is 16.9 Å². The number of Topliss-reactive ketones (excluding diaryl/α,β-unsaturated/α-hetero) is 1. The predicted molar refractivity (Wildman–Crippen MR) is 97.0 cm³/mol. The number of carbonyl (C=O) groups is 3. The largest absolute Gasteiger partial charge is 0.478 e. The third-order valence-electron chi connectivity index (χ3n) is 3.75. The normalized spacial score (nSPS) is 11.7. The van der Waals surface area contributed by atoms with E-state index in [1.807, 2.05) is 0 Å². The molecule has 0 bridgehead atoms. The van der Waals surface area contributed by atoms with Crippen LogP contribution >= 0.6 is 12.6 Å². The van der Waals surface area contributed by atoms with Crippen molar-refractivity contribution in [3.05, 3.63) is 53.6 Å². The average molecular weight is 394 g/mol. The van der Waals surface area contributed by atoms with Crippen molar-refractivity contribution < 1.29 is 33.0 Å². The number of esters is 1. The number of aromatic carboxylic acids is 1. The van der Waals surface area contributed by atoms with E-state index in [-0.39, 0.29) is 40.4 Å². The summed E-state index contributed by atoms with van der Waals surface area (Å²) >= 11 is 4.00. The van der Waals surface area contributed by atoms with E-state index in [4.69, 9.17) is 4.74 Å². The molecule has 1 atom stereocenters. The number of benzene rings is 2. The maximum Gasteiger partial charge on any atom is 0.339 e. The van der Waals surface area contributed by atoms with Crippen LogP contribution < -0.4 is 4.74 Å². The molecule has 142 valence electrons. The summed E-state index contributed by atoms with van der Waals surface area (Å²) in [6.07, 6.45) is -0.0797. The first-order chi connectivity index (χ1) is 12.7. The molecule has 2 rings (SSSR count). The molecule has 0 saturated heterocycles. The lowest BCUT2D eigenvalue weighted by atomic mass is 10.0. The number of rotatable bonds is 7. The van der Waals surface area contributed by atoms with Gasteiger partial charge in [-0.05, 0) is 36.8 Å². The lowest BCUT2D eigenvalue weighted by Crippen LogP contribution is -2.24. The molecule has 2 aromatic rings. The highest BCUT2D eigenvalue weighted by atomic mass is 32.1. The van der Waals surface area contributed by atoms with E-state index >= 15 is 0 Å². The van der Waals surface area contributed by atoms with E-state index < -0.39 is 29.5 Å². The molecule has 5 nitrogen and oxygen atoms in total. The molecule has 0 radical (unpaired) electrons. The Balaban J connectivity index is 2.37. The van der Waals surface area contributed by atoms with Gasteiger partial charge in [0.15, 0.2) is 0 Å². The number of halogens is 2. The second kappa shape index (κ2) is 8.77. The lowest BCUT2D eigenvalue weighted by molar-refractivity contribution is -0.140. The Morgan fingerprint density at radius 1 is 1.15 bits per heavy atom. The maximum absolute atomic E-state index is 13.9. The molecule has 0 amide bonds. The van der Waals surface area contributed by atoms with Crippen LogP contribution in [0.3, 0.4) is 0 Å². The Labute approximate surface area is 159 Å². The third-order valence-corrected chi connectivity index (χ3v) is 4.19. The maximum atomic E-state index is 13.9. The second-order valence-corrected chi connectivity index (χ2v) is 6.21. The van der Waals surface area contributed by atoms with Gasteiger partial charge in [-0.1, -0.05) is 6.07 Å². The Hall–Kier alpha value is -2.74. The molecule has 8 heteroatoms. The summed E-state index contributed by atoms with van der Waals surface area (Å²) in [6, 6.07) is 6.60. The summed E-state index contributed by atoms with van der Waals surface area (Å²) in [4.78, 5) is 34.9. The number of hydrogen-bond donors (Lipinski definition) is 2. The van der Waals surface area contributed by atoms with Gasteiger partial charge >= 0.3 is 11.9 Å². The predicted octanol–water partition coefficient (Wildman–Crippen LogP) is 3.76. The van der Waals surface area contributed by atoms with Gasteiger partial charge in [0, 0.05) is 23.8 Å². The Morgan fingerprint density at radius 3 is 2.41 bits per heavy atom. The van der Waals surface area contributed by atoms with Gasteiger partial charge in [-0.3, -0.25) is 4.79 Å². The van der Waals surface area contributed by atoms with E-state index in [1.165, 1.54) is 25.1 Å². The van der Waals surface area contributed by atoms with Gasteiger partial charge in [-0.25, -0.2) is 13.6 Å². The van der Waals surface area contributed by atoms with E-state index in [9.17, 15) is 28.3 Å². The van der Waals surface area contributed by atoms with Gasteiger partial charge in [-0.15, -0.1) is 0 Å². The summed E-state index contributed by atoms with van der Waals surface area (Å²) in [7, 11) is 0. The quantitative estimate of drug-likeness (QED) is 0.425. The molecular weight excluding hydrogens is 378 g/mol. The summed E-state index contributed by atoms with van der Waals surface area (Å²) in [6.45, 7) is 1.32. The number of carboxylic acids is 1. The van der Waals surface area contributed by atoms with Crippen molar-refractivity contribution in [1.29, 1.82) is 0 Å². The van der Waals surface area contributed by atoms with Crippen molar-refractivity contribution in [2.45, 2.75) is 13.3 Å². The summed E-state index contributed by atoms with van der Waals surface area (Å²) < 4.78 is 32.1. The molecule has 0 aliphatic heterocycles. The number of ketones is 1. The van der Waals surface area contributed by atoms with Crippen molar-refractivity contribution in [2.75, 3.05) is 5.75 Å². The van der Waals surface area contributed by atoms with Crippen molar-refractivity contribution in [3.63, 3.8) is 0 Å². The highest BCUT2D eigenvalue weighted by Crippen LogP contribution is 2.29. The zero-order valence-corrected chi connectivity index (χ0v) is 15.1. The van der Waals surface area contributed by atoms with Gasteiger partial charge in [0.1, 0.15) is 28.7 Å². The minimum Gasteiger partial charge on any atom is -0.478 e. The van der Waals surface area contributed by atoms with Crippen LogP contribution in [0.2, 0.25) is 0 Å². The molecule has 0 unspecified atom stereocenters. The first-order valence-electron chi connectivity index (χ1n) is 7.87. The number of carbonyl (C=O) groups excluding carboxylic acids is 2. The fourth-order valence-electron chi connectivity index (χ4n) is 2.44. The fourth-order valence-corrected chi connectivity index (χ4v) is 2.72. The highest BCUT2D eigenvalue weighted by Gasteiger charge is 2.24. The number of ether oxygens (including phenoxy) is 1. The van der Waals surface area contributed by atoms with Crippen LogP contribution in [-0.2, 0) is 9.59 Å². The number of carboxylic acid groups (broad SMARTS) is 1. The molecule has 0 aliphatic rings. The van der Waals surface area contributed by atoms with Crippen LogP contribution in [-0.4, -0.2) is 28.6 Å². The standard InChI is InChI=1S/C19H16F2O5S/c1-10(22)6-12(9-27)19(25)26-17-5-2-11(7-15(17)18(23)24)14-4-3-13(20)8-16(14)21/h2-5,7-8,12,27H,6,9H2,1H3,(H,23,24)/t12-/m1/s1. The van der Waals surface area contributed by atoms with Crippen LogP contribution in [0.5, 0.6) is 5.75 Å². The highest BCUT2D eigenvalue weighted by molar-refractivity contribution is 7.80. The van der Waals surface area contributed by atoms with E-state index in [2.05, 4.69) is 12.6 Å². The smallest absolute Gasteiger partial charge is 0.339 e. The van der Waals surface area contributed by atoms with Gasteiger partial charge in [0.05, 0.1) is 5.92 Å². The molecule has 0 fully saturated rings. The Bertz CT molecular complexity index is 898. The summed E-state index contributed by atoms with van der Waals surface area (Å²) in [5, 5.41) is 9.39. The van der Waals surface area contributed by atoms with Gasteiger partial charge < -0.3 is 14.6 Å². The van der Waals surface area contributed by atoms with E-state index in [1.54, 1.807) is 0 Å². The third kappa shape index (κ3) is 5.13. The molecule has 0 aliphatic carbocycles. The first-order valence-corrected chi connectivity index (χ1v) is 8.51. The van der Waals surface area contributed by atoms with Crippen molar-refractivity contribution in [1.82, 2.24) is 0 Å². The second-order valence-electron chi connectivity index (χ2n) is 5.85. The number of thiol groups is 1. The zero-order chi connectivity index (χ0) is 20.1. The van der Waals surface area contributed by atoms with Gasteiger partial charge in [0.25, 0.3) is 0 Å². The molecule has 0 spiro atoms. The van der Waals surface area contributed by atoms with Crippen LogP contribution in [0.4, 0.5) is 8.78 Å². The monoisotopic (exact) mass is 394 g/mol. The van der Waals surface area contributed by atoms with Crippen molar-refractivity contribution >= 4 is 30.4 Å². The Morgan fingerprint density at radius 2 is 1.85 bits per heavy atom. The average Bonchev–Trinajstić information content (AvgIpc) is 2.59. The molecule has 27 heavy (non-hydrogen) atoms. The van der Waals surface area contributed by atoms with Crippen LogP contribution in [0.15, 0.2) is 36.4 Å². The minimum absolute atomic E-state index is 0.00147. The number of hydrogen-bond acceptors (Lipinski definition) is 5. The first kappa shape index (κ1) is 20.6. The zero-order valence-electron chi connectivity index (χ0n) is 14.2. The van der Waals surface area contributed by atoms with Gasteiger partial charge in [-0.2, -0.15) is 12.6 Å². The van der Waals surface area contributed by atoms with E-state index in [0.717, 1.165) is 12.1 Å². The summed E-state index contributed by atoms with van der Waals surface area (Å²) in [5.41, 5.74) is -0.189. The Kier molecular flexibility index (Phi) is 6.68. The van der Waals surface area contributed by atoms with E-state index in [0.29, 0.717) is 6.07 Å². The van der Waals surface area contributed by atoms with Crippen molar-refractivity contribution in [2.24, 2.45) is 5.92 Å². The SMILES string of the molecule is CC(=O)C[C@H](CS)C(=O)Oc1ccc(-c2ccc(F)cc2F)cc1C(=O)O. The van der Waals surface area contributed by atoms with Crippen LogP contribution in [0, 0.1) is 17.6 Å². The topological polar surface area (TPSA) is 80.7 Å². The molecule has 0 saturated carbocycles. The fraction of sp³-hybridized carbons (Fsp3) is 0.211.